The molecule has 0 bridgehead atoms. The molecule has 11 atom stereocenters. The molecule has 0 heterocycles. The van der Waals surface area contributed by atoms with Crippen molar-refractivity contribution in [2.45, 2.75) is 165 Å². The van der Waals surface area contributed by atoms with E-state index in [1.54, 1.807) is 0 Å². The summed E-state index contributed by atoms with van der Waals surface area (Å²) in [5.41, 5.74) is 0. The van der Waals surface area contributed by atoms with Gasteiger partial charge < -0.3 is 33.9 Å². The van der Waals surface area contributed by atoms with Crippen LogP contribution in [0.5, 0.6) is 0 Å². The van der Waals surface area contributed by atoms with E-state index in [0.717, 1.165) is 38.5 Å². The molecule has 0 aromatic heterocycles. The summed E-state index contributed by atoms with van der Waals surface area (Å²) >= 11 is 0. The van der Waals surface area contributed by atoms with Crippen LogP contribution in [0.2, 0.25) is 0 Å². The molecule has 280 valence electrons. The molecule has 12 nitrogen and oxygen atoms in total. The van der Waals surface area contributed by atoms with Crippen LogP contribution in [0.25, 0.3) is 0 Å². The van der Waals surface area contributed by atoms with E-state index in [2.05, 4.69) is 41.5 Å². The van der Waals surface area contributed by atoms with Crippen molar-refractivity contribution in [2.75, 3.05) is 0 Å². The largest absolute Gasteiger partial charge is 0.459 e. The normalized spacial score (nSPS) is 27.0. The number of carbonyl (C=O) groups is 5. The molecule has 2 saturated carbocycles. The van der Waals surface area contributed by atoms with Crippen LogP contribution in [0.4, 0.5) is 0 Å². The Labute approximate surface area is 287 Å². The summed E-state index contributed by atoms with van der Waals surface area (Å²) in [5, 5.41) is 18.2. The third-order valence-corrected chi connectivity index (χ3v) is 9.01. The quantitative estimate of drug-likeness (QED) is 0.204. The lowest BCUT2D eigenvalue weighted by Crippen LogP contribution is -2.40. The number of hydrogen-bond donors (Lipinski definition) is 2. The predicted molar refractivity (Wildman–Crippen MR) is 179 cm³/mol. The van der Waals surface area contributed by atoms with E-state index >= 15 is 0 Å². The van der Waals surface area contributed by atoms with E-state index in [1.807, 2.05) is 0 Å². The molecule has 0 saturated heterocycles. The summed E-state index contributed by atoms with van der Waals surface area (Å²) in [4.78, 5) is 58.9. The van der Waals surface area contributed by atoms with Crippen LogP contribution >= 0.6 is 0 Å². The van der Waals surface area contributed by atoms with Crippen LogP contribution in [-0.4, -0.2) is 82.8 Å². The lowest BCUT2D eigenvalue weighted by molar-refractivity contribution is -0.183. The minimum atomic E-state index is -1.34. The minimum Gasteiger partial charge on any atom is -0.459 e. The number of ether oxygens (including phenoxy) is 5. The smallest absolute Gasteiger partial charge is 0.347 e. The van der Waals surface area contributed by atoms with Gasteiger partial charge >= 0.3 is 29.8 Å². The van der Waals surface area contributed by atoms with Crippen molar-refractivity contribution in [3.8, 4) is 0 Å². The Morgan fingerprint density at radius 3 is 1.08 bits per heavy atom. The summed E-state index contributed by atoms with van der Waals surface area (Å²) in [6, 6.07) is 0. The van der Waals surface area contributed by atoms with Crippen molar-refractivity contribution < 1.29 is 57.9 Å². The number of esters is 5. The fourth-order valence-corrected chi connectivity index (χ4v) is 5.95. The second-order valence-corrected chi connectivity index (χ2v) is 14.2. The SMILES string of the molecule is C.CC1CCC(C(C)C)C(OC(=O)C(C)OC(=O)C(C)O)C1.CC1CCC(C(C)C)C(OC(=O)C(C)OC(=O)C(C)OC(=O)C(C)O)C1. The third kappa shape index (κ3) is 15.2. The Morgan fingerprint density at radius 1 is 0.500 bits per heavy atom. The van der Waals surface area contributed by atoms with Gasteiger partial charge in [-0.25, -0.2) is 24.0 Å². The van der Waals surface area contributed by atoms with Gasteiger partial charge in [0.1, 0.15) is 24.4 Å². The first kappa shape index (κ1) is 45.3. The van der Waals surface area contributed by atoms with E-state index in [1.165, 1.54) is 34.6 Å². The maximum Gasteiger partial charge on any atom is 0.347 e. The zero-order chi connectivity index (χ0) is 36.2. The van der Waals surface area contributed by atoms with Gasteiger partial charge in [-0.1, -0.05) is 61.8 Å². The zero-order valence-electron chi connectivity index (χ0n) is 30.2. The first-order valence-electron chi connectivity index (χ1n) is 17.1. The maximum absolute atomic E-state index is 12.3. The molecule has 2 N–H and O–H groups in total. The van der Waals surface area contributed by atoms with E-state index < -0.39 is 60.4 Å². The topological polar surface area (TPSA) is 172 Å². The molecule has 0 spiro atoms. The molecule has 0 aromatic carbocycles. The molecular formula is C36H64O12. The molecule has 0 radical (unpaired) electrons. The van der Waals surface area contributed by atoms with Crippen LogP contribution in [0.1, 0.15) is 122 Å². The Hall–Kier alpha value is -2.73. The molecule has 2 aliphatic rings. The van der Waals surface area contributed by atoms with Gasteiger partial charge in [0.2, 0.25) is 0 Å². The van der Waals surface area contributed by atoms with Gasteiger partial charge in [0.25, 0.3) is 0 Å². The van der Waals surface area contributed by atoms with Gasteiger partial charge in [0.15, 0.2) is 18.3 Å². The van der Waals surface area contributed by atoms with Crippen molar-refractivity contribution in [3.63, 3.8) is 0 Å². The van der Waals surface area contributed by atoms with Crippen LogP contribution in [-0.2, 0) is 47.7 Å². The Kier molecular flexibility index (Phi) is 20.2. The van der Waals surface area contributed by atoms with Crippen LogP contribution < -0.4 is 0 Å². The van der Waals surface area contributed by atoms with Crippen molar-refractivity contribution in [2.24, 2.45) is 35.5 Å². The van der Waals surface area contributed by atoms with E-state index in [4.69, 9.17) is 33.9 Å². The highest BCUT2D eigenvalue weighted by atomic mass is 16.6. The van der Waals surface area contributed by atoms with E-state index in [9.17, 15) is 24.0 Å². The molecule has 0 aliphatic heterocycles. The van der Waals surface area contributed by atoms with Crippen molar-refractivity contribution >= 4 is 29.8 Å². The molecule has 2 rings (SSSR count). The monoisotopic (exact) mass is 688 g/mol. The average Bonchev–Trinajstić information content (AvgIpc) is 2.96. The summed E-state index contributed by atoms with van der Waals surface area (Å²) < 4.78 is 25.9. The number of carbonyl (C=O) groups excluding carboxylic acids is 5. The van der Waals surface area contributed by atoms with Crippen LogP contribution in [0.3, 0.4) is 0 Å². The predicted octanol–water partition coefficient (Wildman–Crippen LogP) is 5.17. The van der Waals surface area contributed by atoms with Crippen molar-refractivity contribution in [1.29, 1.82) is 0 Å². The standard InChI is InChI=1S/C19H32O7.C16H28O5.CH4/c1-10(2)15-8-7-11(3)9-16(15)26-19(23)14(6)25-18(22)13(5)24-17(21)12(4)20;1-9(2)13-7-6-10(3)8-14(13)21-16(19)12(5)20-15(18)11(4)17;/h10-16,20H,7-9H2,1-6H3;9-14,17H,6-8H2,1-5H3;1H4. The number of aliphatic hydroxyl groups excluding tert-OH is 2. The van der Waals surface area contributed by atoms with Gasteiger partial charge in [0.05, 0.1) is 0 Å². The summed E-state index contributed by atoms with van der Waals surface area (Å²) in [6.45, 7) is 19.6. The molecular weight excluding hydrogens is 624 g/mol. The molecule has 0 aromatic rings. The van der Waals surface area contributed by atoms with Gasteiger partial charge in [-0.2, -0.15) is 0 Å². The molecule has 11 unspecified atom stereocenters. The highest BCUT2D eigenvalue weighted by Gasteiger charge is 2.37. The second kappa shape index (κ2) is 21.4. The Balaban J connectivity index is 0.000000921. The van der Waals surface area contributed by atoms with E-state index in [-0.39, 0.29) is 19.6 Å². The molecule has 12 heteroatoms. The van der Waals surface area contributed by atoms with Gasteiger partial charge in [-0.15, -0.1) is 0 Å². The highest BCUT2D eigenvalue weighted by molar-refractivity contribution is 5.83. The molecule has 2 aliphatic carbocycles. The number of hydrogen-bond acceptors (Lipinski definition) is 12. The molecule has 48 heavy (non-hydrogen) atoms. The van der Waals surface area contributed by atoms with Crippen molar-refractivity contribution in [1.82, 2.24) is 0 Å². The summed E-state index contributed by atoms with van der Waals surface area (Å²) in [5.74, 6) is -1.21. The molecule has 0 amide bonds. The van der Waals surface area contributed by atoms with Crippen LogP contribution in [0, 0.1) is 35.5 Å². The lowest BCUT2D eigenvalue weighted by Gasteiger charge is -2.37. The van der Waals surface area contributed by atoms with Crippen LogP contribution in [0.15, 0.2) is 0 Å². The van der Waals surface area contributed by atoms with Gasteiger partial charge in [-0.3, -0.25) is 0 Å². The summed E-state index contributed by atoms with van der Waals surface area (Å²) in [7, 11) is 0. The average molecular weight is 689 g/mol. The Morgan fingerprint density at radius 2 is 0.792 bits per heavy atom. The maximum atomic E-state index is 12.3. The van der Waals surface area contributed by atoms with Gasteiger partial charge in [-0.05, 0) is 95.8 Å². The van der Waals surface area contributed by atoms with E-state index in [0.29, 0.717) is 35.5 Å². The number of rotatable bonds is 12. The second-order valence-electron chi connectivity index (χ2n) is 14.2. The summed E-state index contributed by atoms with van der Waals surface area (Å²) in [6.07, 6.45) is -0.182. The lowest BCUT2D eigenvalue weighted by atomic mass is 9.75. The number of aliphatic hydroxyl groups is 2. The third-order valence-electron chi connectivity index (χ3n) is 9.01. The highest BCUT2D eigenvalue weighted by Crippen LogP contribution is 2.36. The zero-order valence-corrected chi connectivity index (χ0v) is 30.2. The molecule has 2 fully saturated rings. The first-order valence-corrected chi connectivity index (χ1v) is 17.1. The van der Waals surface area contributed by atoms with Gasteiger partial charge in [0, 0.05) is 0 Å². The first-order chi connectivity index (χ1) is 21.7. The fraction of sp³-hybridized carbons (Fsp3) is 0.861. The minimum absolute atomic E-state index is 0. The van der Waals surface area contributed by atoms with Crippen molar-refractivity contribution in [3.05, 3.63) is 0 Å². The Bertz CT molecular complexity index is 1020. The fourth-order valence-electron chi connectivity index (χ4n) is 5.95.